The van der Waals surface area contributed by atoms with Crippen LogP contribution in [0.5, 0.6) is 0 Å². The van der Waals surface area contributed by atoms with Gasteiger partial charge in [-0.2, -0.15) is 0 Å². The van der Waals surface area contributed by atoms with Gasteiger partial charge in [0.2, 0.25) is 0 Å². The van der Waals surface area contributed by atoms with Crippen molar-refractivity contribution in [3.05, 3.63) is 35.4 Å². The van der Waals surface area contributed by atoms with E-state index in [4.69, 9.17) is 0 Å². The van der Waals surface area contributed by atoms with Crippen molar-refractivity contribution in [2.24, 2.45) is 10.8 Å². The summed E-state index contributed by atoms with van der Waals surface area (Å²) in [5, 5.41) is 0. The Morgan fingerprint density at radius 1 is 0.762 bits per heavy atom. The summed E-state index contributed by atoms with van der Waals surface area (Å²) in [6.07, 6.45) is 6.82. The number of benzene rings is 1. The summed E-state index contributed by atoms with van der Waals surface area (Å²) in [6.45, 7) is 14.3. The van der Waals surface area contributed by atoms with Crippen LogP contribution in [0, 0.1) is 10.8 Å². The summed E-state index contributed by atoms with van der Waals surface area (Å²) in [5.41, 5.74) is 4.92. The fraction of sp³-hybridized carbons (Fsp3) is 0.714. The van der Waals surface area contributed by atoms with E-state index in [1.165, 1.54) is 32.1 Å². The first-order chi connectivity index (χ1) is 9.58. The first-order valence-electron chi connectivity index (χ1n) is 8.69. The van der Waals surface area contributed by atoms with Gasteiger partial charge < -0.3 is 0 Å². The minimum Gasteiger partial charge on any atom is -0.0601 e. The fourth-order valence-corrected chi connectivity index (χ4v) is 4.47. The van der Waals surface area contributed by atoms with Crippen molar-refractivity contribution in [3.63, 3.8) is 0 Å². The molecule has 0 unspecified atom stereocenters. The second-order valence-electron chi connectivity index (χ2n) is 9.93. The molecule has 2 fully saturated rings. The maximum atomic E-state index is 2.44. The Hall–Kier alpha value is -0.780. The number of hydrogen-bond acceptors (Lipinski definition) is 0. The third-order valence-corrected chi connectivity index (χ3v) is 5.96. The lowest BCUT2D eigenvalue weighted by Crippen LogP contribution is -2.26. The molecule has 0 radical (unpaired) electrons. The molecule has 0 atom stereocenters. The lowest BCUT2D eigenvalue weighted by Gasteiger charge is -2.32. The Kier molecular flexibility index (Phi) is 3.15. The molecule has 0 heteroatoms. The minimum absolute atomic E-state index is 0.386. The average Bonchev–Trinajstić information content (AvgIpc) is 3.20. The molecule has 0 nitrogen and oxygen atoms in total. The van der Waals surface area contributed by atoms with Crippen LogP contribution in [0.3, 0.4) is 0 Å². The van der Waals surface area contributed by atoms with Gasteiger partial charge in [-0.3, -0.25) is 0 Å². The topological polar surface area (TPSA) is 0 Å². The molecule has 0 bridgehead atoms. The number of hydrogen-bond donors (Lipinski definition) is 0. The Bertz CT molecular complexity index is 511. The Morgan fingerprint density at radius 2 is 1.24 bits per heavy atom. The molecule has 0 aromatic heterocycles. The van der Waals surface area contributed by atoms with Crippen LogP contribution in [0.15, 0.2) is 24.3 Å². The summed E-state index contributed by atoms with van der Waals surface area (Å²) >= 11 is 0. The van der Waals surface area contributed by atoms with Crippen molar-refractivity contribution in [1.82, 2.24) is 0 Å². The predicted octanol–water partition coefficient (Wildman–Crippen LogP) is 6.23. The van der Waals surface area contributed by atoms with Crippen molar-refractivity contribution < 1.29 is 0 Å². The predicted molar refractivity (Wildman–Crippen MR) is 91.8 cm³/mol. The monoisotopic (exact) mass is 284 g/mol. The van der Waals surface area contributed by atoms with Crippen molar-refractivity contribution in [2.45, 2.75) is 84.5 Å². The van der Waals surface area contributed by atoms with Crippen LogP contribution in [0.4, 0.5) is 0 Å². The van der Waals surface area contributed by atoms with Crippen molar-refractivity contribution in [2.75, 3.05) is 0 Å². The van der Waals surface area contributed by atoms with Crippen LogP contribution in [0.1, 0.15) is 84.8 Å². The van der Waals surface area contributed by atoms with Gasteiger partial charge in [-0.1, -0.05) is 65.8 Å². The molecule has 21 heavy (non-hydrogen) atoms. The molecule has 0 N–H and O–H groups in total. The average molecular weight is 284 g/mol. The molecule has 0 heterocycles. The van der Waals surface area contributed by atoms with E-state index >= 15 is 0 Å². The third kappa shape index (κ3) is 2.67. The molecule has 1 aromatic rings. The standard InChI is InChI=1S/C21H32/c1-18(2,3)15-20(11-12-20)16-7-9-17(10-8-16)21(13-14-21)19(4,5)6/h7-10H,11-15H2,1-6H3. The summed E-state index contributed by atoms with van der Waals surface area (Å²) < 4.78 is 0. The summed E-state index contributed by atoms with van der Waals surface area (Å²) in [6, 6.07) is 9.77. The molecule has 0 saturated heterocycles. The molecule has 2 saturated carbocycles. The van der Waals surface area contributed by atoms with E-state index in [1.54, 1.807) is 11.1 Å². The van der Waals surface area contributed by atoms with Crippen LogP contribution in [-0.2, 0) is 10.8 Å². The quantitative estimate of drug-likeness (QED) is 0.617. The zero-order valence-corrected chi connectivity index (χ0v) is 14.8. The molecule has 1 aromatic carbocycles. The zero-order chi connectivity index (χ0) is 15.5. The van der Waals surface area contributed by atoms with Gasteiger partial charge in [0.15, 0.2) is 0 Å². The maximum absolute atomic E-state index is 2.44. The van der Waals surface area contributed by atoms with E-state index in [2.05, 4.69) is 65.8 Å². The van der Waals surface area contributed by atoms with Crippen molar-refractivity contribution in [3.8, 4) is 0 Å². The van der Waals surface area contributed by atoms with Crippen LogP contribution in [0.2, 0.25) is 0 Å². The van der Waals surface area contributed by atoms with Gasteiger partial charge in [0.05, 0.1) is 0 Å². The van der Waals surface area contributed by atoms with Crippen molar-refractivity contribution in [1.29, 1.82) is 0 Å². The first-order valence-corrected chi connectivity index (χ1v) is 8.69. The SMILES string of the molecule is CC(C)(C)CC1(c2ccc(C3(C(C)(C)C)CC3)cc2)CC1. The van der Waals surface area contributed by atoms with Gasteiger partial charge >= 0.3 is 0 Å². The van der Waals surface area contributed by atoms with E-state index in [9.17, 15) is 0 Å². The molecule has 116 valence electrons. The highest BCUT2D eigenvalue weighted by atomic mass is 14.6. The first kappa shape index (κ1) is 15.1. The summed E-state index contributed by atoms with van der Waals surface area (Å²) in [5.74, 6) is 0. The third-order valence-electron chi connectivity index (χ3n) is 5.96. The van der Waals surface area contributed by atoms with Crippen molar-refractivity contribution >= 4 is 0 Å². The van der Waals surface area contributed by atoms with Crippen LogP contribution < -0.4 is 0 Å². The molecule has 2 aliphatic rings. The Labute approximate surface area is 131 Å². The second kappa shape index (κ2) is 4.37. The molecule has 0 amide bonds. The number of rotatable bonds is 3. The van der Waals surface area contributed by atoms with Gasteiger partial charge in [0.25, 0.3) is 0 Å². The summed E-state index contributed by atoms with van der Waals surface area (Å²) in [7, 11) is 0. The van der Waals surface area contributed by atoms with Gasteiger partial charge in [-0.15, -0.1) is 0 Å². The normalized spacial score (nSPS) is 23.0. The largest absolute Gasteiger partial charge is 0.0601 e. The van der Waals surface area contributed by atoms with Gasteiger partial charge in [-0.25, -0.2) is 0 Å². The molecule has 0 aliphatic heterocycles. The highest BCUT2D eigenvalue weighted by molar-refractivity contribution is 5.40. The highest BCUT2D eigenvalue weighted by Crippen LogP contribution is 2.60. The van der Waals surface area contributed by atoms with E-state index in [-0.39, 0.29) is 0 Å². The molecular formula is C21H32. The lowest BCUT2D eigenvalue weighted by molar-refractivity contribution is 0.298. The Morgan fingerprint density at radius 3 is 1.57 bits per heavy atom. The molecule has 0 spiro atoms. The van der Waals surface area contributed by atoms with Gasteiger partial charge in [0.1, 0.15) is 0 Å². The lowest BCUT2D eigenvalue weighted by atomic mass is 9.72. The van der Waals surface area contributed by atoms with Gasteiger partial charge in [0, 0.05) is 5.41 Å². The molecule has 3 rings (SSSR count). The van der Waals surface area contributed by atoms with E-state index < -0.39 is 0 Å². The zero-order valence-electron chi connectivity index (χ0n) is 14.8. The minimum atomic E-state index is 0.386. The second-order valence-corrected chi connectivity index (χ2v) is 9.93. The van der Waals surface area contributed by atoms with E-state index in [0.29, 0.717) is 21.7 Å². The van der Waals surface area contributed by atoms with Crippen LogP contribution in [-0.4, -0.2) is 0 Å². The maximum Gasteiger partial charge on any atom is 0.000213 e. The smallest absolute Gasteiger partial charge is 0.000213 e. The van der Waals surface area contributed by atoms with E-state index in [1.807, 2.05) is 0 Å². The highest BCUT2D eigenvalue weighted by Gasteiger charge is 2.53. The van der Waals surface area contributed by atoms with E-state index in [0.717, 1.165) is 0 Å². The van der Waals surface area contributed by atoms with Crippen LogP contribution >= 0.6 is 0 Å². The molecule has 2 aliphatic carbocycles. The molecular weight excluding hydrogens is 252 g/mol. The fourth-order valence-electron chi connectivity index (χ4n) is 4.47. The van der Waals surface area contributed by atoms with Crippen LogP contribution in [0.25, 0.3) is 0 Å². The Balaban J connectivity index is 1.83. The summed E-state index contributed by atoms with van der Waals surface area (Å²) in [4.78, 5) is 0. The van der Waals surface area contributed by atoms with Gasteiger partial charge in [-0.05, 0) is 59.5 Å².